The van der Waals surface area contributed by atoms with E-state index in [1.54, 1.807) is 7.11 Å². The Labute approximate surface area is 134 Å². The first-order valence-electron chi connectivity index (χ1n) is 7.63. The first-order valence-corrected chi connectivity index (χ1v) is 10.2. The third-order valence-corrected chi connectivity index (χ3v) is 9.01. The van der Waals surface area contributed by atoms with Gasteiger partial charge >= 0.3 is 0 Å². The van der Waals surface area contributed by atoms with Crippen molar-refractivity contribution in [2.75, 3.05) is 18.8 Å². The number of benzene rings is 1. The van der Waals surface area contributed by atoms with Crippen LogP contribution in [-0.4, -0.2) is 22.0 Å². The fourth-order valence-electron chi connectivity index (χ4n) is 2.55. The number of unbranched alkanes of at least 4 members (excludes halogenated alkanes) is 1. The van der Waals surface area contributed by atoms with Gasteiger partial charge in [0.15, 0.2) is 31.6 Å². The number of hydrogen-bond acceptors (Lipinski definition) is 2. The molecule has 0 radical (unpaired) electrons. The fraction of sp³-hybridized carbons (Fsp3) is 0.600. The van der Waals surface area contributed by atoms with Crippen LogP contribution in [0.1, 0.15) is 26.7 Å². The van der Waals surface area contributed by atoms with E-state index in [0.717, 1.165) is 18.1 Å². The topological polar surface area (TPSA) is 12.5 Å². The summed E-state index contributed by atoms with van der Waals surface area (Å²) >= 11 is 0. The average molecular weight is 355 g/mol. The third-order valence-electron chi connectivity index (χ3n) is 4.30. The van der Waals surface area contributed by atoms with Crippen LogP contribution in [0.25, 0.3) is 0 Å². The normalized spacial score (nSPS) is 11.8. The molecule has 0 unspecified atom stereocenters. The summed E-state index contributed by atoms with van der Waals surface area (Å²) < 4.78 is 72.0. The highest BCUT2D eigenvalue weighted by molar-refractivity contribution is 6.73. The largest absolute Gasteiger partial charge is 0.420 e. The molecule has 0 N–H and O–H groups in total. The monoisotopic (exact) mass is 355 g/mol. The zero-order valence-corrected chi connectivity index (χ0v) is 14.6. The van der Waals surface area contributed by atoms with Gasteiger partial charge in [-0.05, 0) is 24.6 Å². The lowest BCUT2D eigenvalue weighted by atomic mass is 10.2. The van der Waals surface area contributed by atoms with Crippen molar-refractivity contribution in [3.63, 3.8) is 0 Å². The lowest BCUT2D eigenvalue weighted by Crippen LogP contribution is -2.35. The predicted molar refractivity (Wildman–Crippen MR) is 82.5 cm³/mol. The minimum Gasteiger partial charge on any atom is -0.420 e. The van der Waals surface area contributed by atoms with Crippen molar-refractivity contribution in [2.45, 2.75) is 44.8 Å². The van der Waals surface area contributed by atoms with E-state index >= 15 is 0 Å². The summed E-state index contributed by atoms with van der Waals surface area (Å²) in [6.07, 6.45) is 1.03. The number of nitrogens with zero attached hydrogens (tertiary/aromatic N) is 1. The molecule has 0 saturated carbocycles. The second-order valence-electron chi connectivity index (χ2n) is 5.46. The predicted octanol–water partition coefficient (Wildman–Crippen LogP) is 5.35. The van der Waals surface area contributed by atoms with Gasteiger partial charge < -0.3 is 4.43 Å². The van der Waals surface area contributed by atoms with E-state index in [1.165, 1.54) is 0 Å². The molecule has 2 nitrogen and oxygen atoms in total. The molecule has 1 rings (SSSR count). The minimum atomic E-state index is -2.01. The Balaban J connectivity index is 2.63. The molecule has 0 aromatic heterocycles. The maximum atomic E-state index is 13.9. The number of anilines is 1. The van der Waals surface area contributed by atoms with Gasteiger partial charge in [0.1, 0.15) is 5.69 Å². The Morgan fingerprint density at radius 3 is 2.13 bits per heavy atom. The number of hydrogen-bond donors (Lipinski definition) is 0. The van der Waals surface area contributed by atoms with Crippen molar-refractivity contribution >= 4 is 14.0 Å². The number of rotatable bonds is 9. The molecule has 1 aromatic rings. The summed E-state index contributed by atoms with van der Waals surface area (Å²) in [6.45, 7) is 3.88. The van der Waals surface area contributed by atoms with Gasteiger partial charge in [-0.1, -0.05) is 24.7 Å². The van der Waals surface area contributed by atoms with Gasteiger partial charge in [-0.3, -0.25) is 0 Å². The molecule has 0 aliphatic carbocycles. The average Bonchev–Trinajstić information content (AvgIpc) is 2.56. The molecule has 0 aliphatic rings. The van der Waals surface area contributed by atoms with Gasteiger partial charge in [0, 0.05) is 13.2 Å². The SMILES string of the molecule is CC[Si](CC)(CCCCN(F)c1cc(F)c(F)c(F)c1F)OC. The molecule has 23 heavy (non-hydrogen) atoms. The summed E-state index contributed by atoms with van der Waals surface area (Å²) in [5.74, 6) is -7.30. The molecule has 132 valence electrons. The van der Waals surface area contributed by atoms with Crippen LogP contribution in [0.5, 0.6) is 0 Å². The van der Waals surface area contributed by atoms with Crippen LogP contribution in [0.3, 0.4) is 0 Å². The van der Waals surface area contributed by atoms with Crippen LogP contribution < -0.4 is 5.12 Å². The molecule has 0 aliphatic heterocycles. The van der Waals surface area contributed by atoms with Crippen LogP contribution in [-0.2, 0) is 4.43 Å². The van der Waals surface area contributed by atoms with Crippen molar-refractivity contribution < 1.29 is 26.5 Å². The zero-order chi connectivity index (χ0) is 17.6. The van der Waals surface area contributed by atoms with Crippen LogP contribution in [0.15, 0.2) is 6.07 Å². The van der Waals surface area contributed by atoms with E-state index in [1.807, 2.05) is 0 Å². The van der Waals surface area contributed by atoms with Crippen molar-refractivity contribution in [1.29, 1.82) is 0 Å². The lowest BCUT2D eigenvalue weighted by Gasteiger charge is -2.27. The Morgan fingerprint density at radius 1 is 1.00 bits per heavy atom. The van der Waals surface area contributed by atoms with Crippen molar-refractivity contribution in [1.82, 2.24) is 0 Å². The number of halogens is 5. The van der Waals surface area contributed by atoms with Crippen molar-refractivity contribution in [2.24, 2.45) is 0 Å². The maximum absolute atomic E-state index is 13.9. The summed E-state index contributed by atoms with van der Waals surface area (Å²) in [5.41, 5.74) is -0.928. The smallest absolute Gasteiger partial charge is 0.199 e. The standard InChI is InChI=1S/C15H22F5NOSi/c1-4-23(5-2,22-3)9-7-6-8-21(20)12-10-11(16)13(17)15(19)14(12)18/h10H,4-9H2,1-3H3. The Kier molecular flexibility index (Phi) is 7.46. The van der Waals surface area contributed by atoms with Crippen LogP contribution in [0, 0.1) is 23.3 Å². The first-order chi connectivity index (χ1) is 10.8. The molecule has 0 fully saturated rings. The van der Waals surface area contributed by atoms with Gasteiger partial charge in [-0.25, -0.2) is 22.7 Å². The Morgan fingerprint density at radius 2 is 1.61 bits per heavy atom. The van der Waals surface area contributed by atoms with E-state index in [9.17, 15) is 22.0 Å². The first kappa shape index (κ1) is 19.9. The quantitative estimate of drug-likeness (QED) is 0.148. The Bertz CT molecular complexity index is 517. The van der Waals surface area contributed by atoms with E-state index in [4.69, 9.17) is 4.43 Å². The highest BCUT2D eigenvalue weighted by Gasteiger charge is 2.29. The molecule has 0 bridgehead atoms. The van der Waals surface area contributed by atoms with E-state index in [-0.39, 0.29) is 11.7 Å². The van der Waals surface area contributed by atoms with E-state index in [2.05, 4.69) is 13.8 Å². The maximum Gasteiger partial charge on any atom is 0.199 e. The summed E-state index contributed by atoms with van der Waals surface area (Å²) in [6, 6.07) is 3.05. The molecule has 0 saturated heterocycles. The zero-order valence-electron chi connectivity index (χ0n) is 13.6. The van der Waals surface area contributed by atoms with Crippen LogP contribution in [0.4, 0.5) is 27.7 Å². The molecule has 0 heterocycles. The van der Waals surface area contributed by atoms with E-state index < -0.39 is 37.3 Å². The van der Waals surface area contributed by atoms with Crippen molar-refractivity contribution in [3.05, 3.63) is 29.3 Å². The second kappa shape index (κ2) is 8.63. The van der Waals surface area contributed by atoms with E-state index in [0.29, 0.717) is 18.9 Å². The molecule has 0 amide bonds. The molecule has 0 atom stereocenters. The van der Waals surface area contributed by atoms with Gasteiger partial charge in [0.05, 0.1) is 6.54 Å². The molecule has 0 spiro atoms. The molecular weight excluding hydrogens is 333 g/mol. The lowest BCUT2D eigenvalue weighted by molar-refractivity contribution is 0.377. The van der Waals surface area contributed by atoms with Gasteiger partial charge in [0.25, 0.3) is 0 Å². The third kappa shape index (κ3) is 4.66. The highest BCUT2D eigenvalue weighted by Crippen LogP contribution is 2.28. The Hall–Kier alpha value is -1.15. The minimum absolute atomic E-state index is 0.0884. The fourth-order valence-corrected chi connectivity index (χ4v) is 5.43. The highest BCUT2D eigenvalue weighted by atomic mass is 28.4. The molecule has 1 aromatic carbocycles. The summed E-state index contributed by atoms with van der Waals surface area (Å²) in [5, 5.41) is -0.0884. The molecular formula is C15H22F5NOSi. The van der Waals surface area contributed by atoms with Crippen LogP contribution >= 0.6 is 0 Å². The van der Waals surface area contributed by atoms with Gasteiger partial charge in [-0.15, -0.1) is 0 Å². The van der Waals surface area contributed by atoms with Gasteiger partial charge in [0.2, 0.25) is 0 Å². The van der Waals surface area contributed by atoms with Crippen molar-refractivity contribution in [3.8, 4) is 0 Å². The second-order valence-corrected chi connectivity index (χ2v) is 10.1. The summed E-state index contributed by atoms with van der Waals surface area (Å²) in [4.78, 5) is 0. The van der Waals surface area contributed by atoms with Crippen LogP contribution in [0.2, 0.25) is 18.1 Å². The summed E-state index contributed by atoms with van der Waals surface area (Å²) in [7, 11) is -0.109. The van der Waals surface area contributed by atoms with Gasteiger partial charge in [-0.2, -0.15) is 0 Å². The molecule has 8 heteroatoms.